The van der Waals surface area contributed by atoms with Crippen LogP contribution in [0.25, 0.3) is 6.08 Å². The van der Waals surface area contributed by atoms with Gasteiger partial charge in [-0.3, -0.25) is 19.5 Å². The molecule has 1 atom stereocenters. The Morgan fingerprint density at radius 3 is 2.56 bits per heavy atom. The van der Waals surface area contributed by atoms with Gasteiger partial charge in [-0.15, -0.1) is 0 Å². The van der Waals surface area contributed by atoms with Crippen molar-refractivity contribution in [1.29, 1.82) is 0 Å². The molecular weight excluding hydrogens is 756 g/mol. The lowest BCUT2D eigenvalue weighted by molar-refractivity contribution is -0.384. The zero-order valence-corrected chi connectivity index (χ0v) is 27.2. The summed E-state index contributed by atoms with van der Waals surface area (Å²) in [5, 5.41) is 11.0. The third kappa shape index (κ3) is 6.48. The molecule has 1 aliphatic rings. The van der Waals surface area contributed by atoms with Gasteiger partial charge in [-0.05, 0) is 90.0 Å². The molecule has 4 aromatic rings. The van der Waals surface area contributed by atoms with Crippen LogP contribution in [0.15, 0.2) is 86.2 Å². The van der Waals surface area contributed by atoms with Gasteiger partial charge in [-0.1, -0.05) is 39.4 Å². The van der Waals surface area contributed by atoms with Gasteiger partial charge in [0, 0.05) is 22.2 Å². The molecule has 0 aliphatic carbocycles. The summed E-state index contributed by atoms with van der Waals surface area (Å²) in [6.07, 6.45) is 1.70. The topological polar surface area (TPSA) is 113 Å². The minimum atomic E-state index is -0.862. The average Bonchev–Trinajstić information content (AvgIpc) is 3.26. The van der Waals surface area contributed by atoms with Crippen molar-refractivity contribution >= 4 is 67.6 Å². The molecule has 3 aromatic carbocycles. The summed E-state index contributed by atoms with van der Waals surface area (Å²) in [6.45, 7) is 3.65. The summed E-state index contributed by atoms with van der Waals surface area (Å²) in [6, 6.07) is 14.5. The largest absolute Gasteiger partial charge is 0.487 e. The van der Waals surface area contributed by atoms with Crippen molar-refractivity contribution in [3.05, 3.63) is 132 Å². The second-order valence-electron chi connectivity index (χ2n) is 9.37. The van der Waals surface area contributed by atoms with E-state index in [-0.39, 0.29) is 30.0 Å². The van der Waals surface area contributed by atoms with Crippen LogP contribution in [-0.4, -0.2) is 22.1 Å². The first-order chi connectivity index (χ1) is 20.6. The zero-order chi connectivity index (χ0) is 30.8. The predicted molar refractivity (Wildman–Crippen MR) is 171 cm³/mol. The monoisotopic (exact) mass is 777 g/mol. The van der Waals surface area contributed by atoms with Gasteiger partial charge in [-0.25, -0.2) is 14.2 Å². The van der Waals surface area contributed by atoms with Crippen LogP contribution in [0.3, 0.4) is 0 Å². The molecule has 2 heterocycles. The number of fused-ring (bicyclic) bond motifs is 1. The number of hydrogen-bond acceptors (Lipinski definition) is 8. The summed E-state index contributed by atoms with van der Waals surface area (Å²) in [5.41, 5.74) is 2.10. The van der Waals surface area contributed by atoms with Crippen LogP contribution in [0.2, 0.25) is 0 Å². The third-order valence-corrected chi connectivity index (χ3v) is 8.80. The number of ether oxygens (including phenoxy) is 2. The normalized spacial score (nSPS) is 14.7. The second kappa shape index (κ2) is 12.9. The highest BCUT2D eigenvalue weighted by atomic mass is 127. The lowest BCUT2D eigenvalue weighted by Crippen LogP contribution is -2.39. The number of esters is 1. The van der Waals surface area contributed by atoms with Gasteiger partial charge < -0.3 is 9.47 Å². The molecule has 0 N–H and O–H groups in total. The molecule has 0 unspecified atom stereocenters. The second-order valence-corrected chi connectivity index (χ2v) is 12.5. The van der Waals surface area contributed by atoms with Gasteiger partial charge in [-0.2, -0.15) is 0 Å². The number of nitro benzene ring substituents is 1. The summed E-state index contributed by atoms with van der Waals surface area (Å²) < 4.78 is 28.6. The average molecular weight is 778 g/mol. The number of rotatable bonds is 8. The van der Waals surface area contributed by atoms with Gasteiger partial charge in [0.2, 0.25) is 0 Å². The Bertz CT molecular complexity index is 1960. The third-order valence-electron chi connectivity index (χ3n) is 6.56. The van der Waals surface area contributed by atoms with Crippen LogP contribution in [0.5, 0.6) is 5.75 Å². The Morgan fingerprint density at radius 2 is 1.91 bits per heavy atom. The van der Waals surface area contributed by atoms with Crippen molar-refractivity contribution in [2.45, 2.75) is 26.5 Å². The number of nitrogens with zero attached hydrogens (tertiary/aromatic N) is 3. The molecule has 0 radical (unpaired) electrons. The molecule has 1 aromatic heterocycles. The van der Waals surface area contributed by atoms with Gasteiger partial charge >= 0.3 is 5.97 Å². The number of benzene rings is 3. The van der Waals surface area contributed by atoms with Crippen molar-refractivity contribution in [3.8, 4) is 5.75 Å². The maximum atomic E-state index is 14.0. The van der Waals surface area contributed by atoms with Crippen LogP contribution in [0.4, 0.5) is 10.1 Å². The van der Waals surface area contributed by atoms with Crippen molar-refractivity contribution in [2.75, 3.05) is 6.61 Å². The first kappa shape index (κ1) is 30.8. The highest BCUT2D eigenvalue weighted by molar-refractivity contribution is 14.1. The van der Waals surface area contributed by atoms with Gasteiger partial charge in [0.25, 0.3) is 11.2 Å². The molecule has 43 heavy (non-hydrogen) atoms. The smallest absolute Gasteiger partial charge is 0.338 e. The zero-order valence-electron chi connectivity index (χ0n) is 22.7. The van der Waals surface area contributed by atoms with E-state index in [1.807, 2.05) is 12.1 Å². The Kier molecular flexibility index (Phi) is 9.22. The lowest BCUT2D eigenvalue weighted by atomic mass is 9.96. The van der Waals surface area contributed by atoms with E-state index in [9.17, 15) is 24.1 Å². The van der Waals surface area contributed by atoms with E-state index >= 15 is 0 Å². The molecule has 0 saturated heterocycles. The molecule has 1 aliphatic heterocycles. The first-order valence-electron chi connectivity index (χ1n) is 12.9. The number of hydrogen-bond donors (Lipinski definition) is 0. The molecular formula is C30H22BrFIN3O6S. The quantitative estimate of drug-likeness (QED) is 0.0970. The molecule has 13 heteroatoms. The number of non-ortho nitro benzene ring substituents is 1. The van der Waals surface area contributed by atoms with E-state index in [4.69, 9.17) is 9.47 Å². The van der Waals surface area contributed by atoms with E-state index < -0.39 is 22.8 Å². The van der Waals surface area contributed by atoms with E-state index in [1.165, 1.54) is 41.0 Å². The molecule has 0 fully saturated rings. The maximum absolute atomic E-state index is 14.0. The Morgan fingerprint density at radius 1 is 1.21 bits per heavy atom. The Balaban J connectivity index is 1.60. The number of carbonyl (C=O) groups is 1. The SMILES string of the molecule is CCOC(=O)C1=C(C)N=c2s/c(=C\c3cc(Br)cc(I)c3OCc3ccc([N+](=O)[O-])cc3)c(=O)n2[C@H]1c1ccc(F)cc1. The number of aromatic nitrogens is 1. The molecule has 220 valence electrons. The molecule has 5 rings (SSSR count). The number of allylic oxidation sites excluding steroid dienone is 1. The van der Waals surface area contributed by atoms with Crippen LogP contribution < -0.4 is 19.6 Å². The standard InChI is InChI=1S/C30H22BrFIN3O6S/c1-3-41-29(38)25-16(2)34-30-35(26(25)18-6-8-21(32)9-7-18)28(37)24(43-30)13-19-12-20(31)14-23(33)27(19)42-15-17-4-10-22(11-5-17)36(39)40/h4-14,26H,3,15H2,1-2H3/b24-13-/t26-/m0/s1. The van der Waals surface area contributed by atoms with E-state index in [0.29, 0.717) is 31.9 Å². The predicted octanol–water partition coefficient (Wildman–Crippen LogP) is 5.79. The highest BCUT2D eigenvalue weighted by Crippen LogP contribution is 2.33. The van der Waals surface area contributed by atoms with Crippen molar-refractivity contribution in [1.82, 2.24) is 4.57 Å². The van der Waals surface area contributed by atoms with Gasteiger partial charge in [0.15, 0.2) is 4.80 Å². The highest BCUT2D eigenvalue weighted by Gasteiger charge is 2.33. The van der Waals surface area contributed by atoms with Crippen molar-refractivity contribution in [3.63, 3.8) is 0 Å². The fraction of sp³-hybridized carbons (Fsp3) is 0.167. The summed E-state index contributed by atoms with van der Waals surface area (Å²) in [4.78, 5) is 42.5. The number of nitro groups is 1. The first-order valence-corrected chi connectivity index (χ1v) is 15.6. The molecule has 9 nitrogen and oxygen atoms in total. The molecule has 0 saturated carbocycles. The molecule has 0 spiro atoms. The van der Waals surface area contributed by atoms with Gasteiger partial charge in [0.05, 0.1) is 36.9 Å². The molecule has 0 amide bonds. The van der Waals surface area contributed by atoms with E-state index in [2.05, 4.69) is 43.5 Å². The van der Waals surface area contributed by atoms with E-state index in [0.717, 1.165) is 24.9 Å². The Labute approximate surface area is 270 Å². The lowest BCUT2D eigenvalue weighted by Gasteiger charge is -2.24. The number of thiazole rings is 1. The van der Waals surface area contributed by atoms with Crippen LogP contribution in [0.1, 0.15) is 36.6 Å². The molecule has 0 bridgehead atoms. The number of halogens is 3. The number of carbonyl (C=O) groups excluding carboxylic acids is 1. The minimum absolute atomic E-state index is 0.0154. The van der Waals surface area contributed by atoms with Crippen LogP contribution in [0, 0.1) is 19.5 Å². The fourth-order valence-corrected chi connectivity index (χ4v) is 7.35. The summed E-state index contributed by atoms with van der Waals surface area (Å²) >= 11 is 6.81. The van der Waals surface area contributed by atoms with Gasteiger partial charge in [0.1, 0.15) is 18.2 Å². The van der Waals surface area contributed by atoms with Crippen molar-refractivity contribution in [2.24, 2.45) is 4.99 Å². The fourth-order valence-electron chi connectivity index (χ4n) is 4.60. The summed E-state index contributed by atoms with van der Waals surface area (Å²) in [7, 11) is 0. The minimum Gasteiger partial charge on any atom is -0.487 e. The van der Waals surface area contributed by atoms with E-state index in [1.54, 1.807) is 32.1 Å². The summed E-state index contributed by atoms with van der Waals surface area (Å²) in [5.74, 6) is -0.526. The van der Waals surface area contributed by atoms with Crippen LogP contribution >= 0.6 is 49.9 Å². The van der Waals surface area contributed by atoms with Crippen LogP contribution in [-0.2, 0) is 16.1 Å². The maximum Gasteiger partial charge on any atom is 0.338 e. The Hall–Kier alpha value is -3.69. The van der Waals surface area contributed by atoms with Crippen molar-refractivity contribution < 1.29 is 23.6 Å².